The minimum atomic E-state index is -0.464. The fraction of sp³-hybridized carbons (Fsp3) is 0.176. The van der Waals surface area contributed by atoms with Crippen LogP contribution < -0.4 is 4.74 Å². The summed E-state index contributed by atoms with van der Waals surface area (Å²) >= 11 is 0. The lowest BCUT2D eigenvalue weighted by Gasteiger charge is -2.10. The van der Waals surface area contributed by atoms with Crippen molar-refractivity contribution in [2.45, 2.75) is 5.92 Å². The molecule has 106 valence electrons. The molecule has 0 amide bonds. The molecule has 4 heteroatoms. The minimum Gasteiger partial charge on any atom is -0.497 e. The van der Waals surface area contributed by atoms with Gasteiger partial charge in [0, 0.05) is 0 Å². The van der Waals surface area contributed by atoms with E-state index in [1.54, 1.807) is 31.4 Å². The molecule has 0 spiro atoms. The first-order valence-corrected chi connectivity index (χ1v) is 6.50. The average Bonchev–Trinajstić information content (AvgIpc) is 2.56. The van der Waals surface area contributed by atoms with Crippen LogP contribution in [0.15, 0.2) is 54.6 Å². The van der Waals surface area contributed by atoms with Gasteiger partial charge in [-0.3, -0.25) is 0 Å². The number of carbonyl (C=O) groups is 1. The molecule has 0 saturated heterocycles. The van der Waals surface area contributed by atoms with E-state index in [1.807, 2.05) is 30.3 Å². The Morgan fingerprint density at radius 2 is 1.81 bits per heavy atom. The van der Waals surface area contributed by atoms with Gasteiger partial charge in [0.05, 0.1) is 18.7 Å². The highest BCUT2D eigenvalue weighted by atomic mass is 16.5. The number of esters is 1. The fourth-order valence-electron chi connectivity index (χ4n) is 1.86. The van der Waals surface area contributed by atoms with Gasteiger partial charge in [-0.2, -0.15) is 5.26 Å². The van der Waals surface area contributed by atoms with E-state index in [1.165, 1.54) is 0 Å². The molecule has 0 aliphatic rings. The second-order valence-electron chi connectivity index (χ2n) is 4.42. The molecule has 0 aliphatic carbocycles. The first kappa shape index (κ1) is 14.6. The molecule has 0 aliphatic heterocycles. The topological polar surface area (TPSA) is 59.3 Å². The summed E-state index contributed by atoms with van der Waals surface area (Å²) in [6.07, 6.45) is 0. The summed E-state index contributed by atoms with van der Waals surface area (Å²) in [4.78, 5) is 11.9. The Morgan fingerprint density at radius 3 is 2.38 bits per heavy atom. The summed E-state index contributed by atoms with van der Waals surface area (Å²) < 4.78 is 10.2. The van der Waals surface area contributed by atoms with Gasteiger partial charge in [-0.1, -0.05) is 30.3 Å². The van der Waals surface area contributed by atoms with Crippen LogP contribution in [0.2, 0.25) is 0 Å². The molecule has 1 unspecified atom stereocenters. The molecule has 0 saturated carbocycles. The lowest BCUT2D eigenvalue weighted by atomic mass is 10.0. The maximum atomic E-state index is 11.9. The van der Waals surface area contributed by atoms with E-state index in [9.17, 15) is 10.1 Å². The molecule has 2 aromatic rings. The van der Waals surface area contributed by atoms with Gasteiger partial charge < -0.3 is 9.47 Å². The zero-order valence-corrected chi connectivity index (χ0v) is 11.7. The van der Waals surface area contributed by atoms with Crippen molar-refractivity contribution < 1.29 is 14.3 Å². The maximum absolute atomic E-state index is 11.9. The lowest BCUT2D eigenvalue weighted by molar-refractivity contribution is 0.0497. The van der Waals surface area contributed by atoms with Gasteiger partial charge in [-0.15, -0.1) is 0 Å². The van der Waals surface area contributed by atoms with Gasteiger partial charge in [-0.05, 0) is 29.8 Å². The summed E-state index contributed by atoms with van der Waals surface area (Å²) in [5.41, 5.74) is 1.27. The zero-order valence-electron chi connectivity index (χ0n) is 11.7. The van der Waals surface area contributed by atoms with E-state index in [0.29, 0.717) is 11.3 Å². The summed E-state index contributed by atoms with van der Waals surface area (Å²) in [6, 6.07) is 18.1. The average molecular weight is 281 g/mol. The van der Waals surface area contributed by atoms with Gasteiger partial charge in [-0.25, -0.2) is 4.79 Å². The number of methoxy groups -OCH3 is 1. The third-order valence-corrected chi connectivity index (χ3v) is 3.06. The van der Waals surface area contributed by atoms with E-state index in [-0.39, 0.29) is 6.61 Å². The van der Waals surface area contributed by atoms with Crippen molar-refractivity contribution in [1.82, 2.24) is 0 Å². The van der Waals surface area contributed by atoms with Crippen molar-refractivity contribution in [3.05, 3.63) is 65.7 Å². The van der Waals surface area contributed by atoms with Crippen molar-refractivity contribution in [3.8, 4) is 11.8 Å². The molecule has 21 heavy (non-hydrogen) atoms. The maximum Gasteiger partial charge on any atom is 0.338 e. The zero-order chi connectivity index (χ0) is 15.1. The van der Waals surface area contributed by atoms with Crippen LogP contribution >= 0.6 is 0 Å². The lowest BCUT2D eigenvalue weighted by Crippen LogP contribution is -2.12. The van der Waals surface area contributed by atoms with Crippen LogP contribution in [-0.2, 0) is 4.74 Å². The Hall–Kier alpha value is -2.80. The first-order chi connectivity index (χ1) is 10.2. The number of benzene rings is 2. The van der Waals surface area contributed by atoms with Crippen molar-refractivity contribution in [2.75, 3.05) is 13.7 Å². The van der Waals surface area contributed by atoms with Crippen molar-refractivity contribution in [1.29, 1.82) is 5.26 Å². The van der Waals surface area contributed by atoms with Crippen molar-refractivity contribution in [2.24, 2.45) is 0 Å². The summed E-state index contributed by atoms with van der Waals surface area (Å²) in [5.74, 6) is -0.243. The second kappa shape index (κ2) is 7.11. The molecule has 0 radical (unpaired) electrons. The first-order valence-electron chi connectivity index (χ1n) is 6.50. The molecule has 0 heterocycles. The molecule has 0 fully saturated rings. The Bertz CT molecular complexity index is 629. The minimum absolute atomic E-state index is 0.0331. The van der Waals surface area contributed by atoms with Crippen molar-refractivity contribution >= 4 is 5.97 Å². The van der Waals surface area contributed by atoms with Crippen LogP contribution in [0.3, 0.4) is 0 Å². The van der Waals surface area contributed by atoms with Crippen LogP contribution in [0.4, 0.5) is 0 Å². The number of ether oxygens (including phenoxy) is 2. The fourth-order valence-corrected chi connectivity index (χ4v) is 1.86. The molecule has 2 aromatic carbocycles. The summed E-state index contributed by atoms with van der Waals surface area (Å²) in [5, 5.41) is 9.17. The molecule has 4 nitrogen and oxygen atoms in total. The molecular formula is C17H15NO3. The highest BCUT2D eigenvalue weighted by Crippen LogP contribution is 2.16. The number of nitriles is 1. The van der Waals surface area contributed by atoms with E-state index in [0.717, 1.165) is 5.56 Å². The molecule has 0 aromatic heterocycles. The van der Waals surface area contributed by atoms with Crippen LogP contribution in [0.25, 0.3) is 0 Å². The largest absolute Gasteiger partial charge is 0.497 e. The monoisotopic (exact) mass is 281 g/mol. The van der Waals surface area contributed by atoms with Crippen molar-refractivity contribution in [3.63, 3.8) is 0 Å². The van der Waals surface area contributed by atoms with Gasteiger partial charge in [0.2, 0.25) is 0 Å². The highest BCUT2D eigenvalue weighted by Gasteiger charge is 2.14. The third-order valence-electron chi connectivity index (χ3n) is 3.06. The standard InChI is InChI=1S/C17H15NO3/c1-20-16-9-7-14(8-10-16)17(19)21-12-15(11-18)13-5-3-2-4-6-13/h2-10,15H,12H2,1H3. The molecule has 0 bridgehead atoms. The van der Waals surface area contributed by atoms with Gasteiger partial charge in [0.1, 0.15) is 18.3 Å². The Kier molecular flexibility index (Phi) is 4.94. The van der Waals surface area contributed by atoms with Crippen LogP contribution in [0, 0.1) is 11.3 Å². The van der Waals surface area contributed by atoms with E-state index < -0.39 is 11.9 Å². The number of hydrogen-bond donors (Lipinski definition) is 0. The van der Waals surface area contributed by atoms with Gasteiger partial charge in [0.25, 0.3) is 0 Å². The predicted molar refractivity (Wildman–Crippen MR) is 78.1 cm³/mol. The molecule has 2 rings (SSSR count). The van der Waals surface area contributed by atoms with Gasteiger partial charge in [0.15, 0.2) is 0 Å². The Labute approximate surface area is 123 Å². The SMILES string of the molecule is COc1ccc(C(=O)OCC(C#N)c2ccccc2)cc1. The molecular weight excluding hydrogens is 266 g/mol. The quantitative estimate of drug-likeness (QED) is 0.790. The number of hydrogen-bond acceptors (Lipinski definition) is 4. The number of carbonyl (C=O) groups excluding carboxylic acids is 1. The second-order valence-corrected chi connectivity index (χ2v) is 4.42. The molecule has 0 N–H and O–H groups in total. The predicted octanol–water partition coefficient (Wildman–Crippen LogP) is 3.16. The van der Waals surface area contributed by atoms with Gasteiger partial charge >= 0.3 is 5.97 Å². The summed E-state index contributed by atoms with van der Waals surface area (Å²) in [6.45, 7) is 0.0331. The summed E-state index contributed by atoms with van der Waals surface area (Å²) in [7, 11) is 1.56. The van der Waals surface area contributed by atoms with Crippen LogP contribution in [0.5, 0.6) is 5.75 Å². The smallest absolute Gasteiger partial charge is 0.338 e. The number of rotatable bonds is 5. The Morgan fingerprint density at radius 1 is 1.14 bits per heavy atom. The Balaban J connectivity index is 1.98. The number of nitrogens with zero attached hydrogens (tertiary/aromatic N) is 1. The third kappa shape index (κ3) is 3.83. The van der Waals surface area contributed by atoms with E-state index in [4.69, 9.17) is 9.47 Å². The van der Waals surface area contributed by atoms with Crippen LogP contribution in [-0.4, -0.2) is 19.7 Å². The van der Waals surface area contributed by atoms with Crippen LogP contribution in [0.1, 0.15) is 21.8 Å². The van der Waals surface area contributed by atoms with E-state index >= 15 is 0 Å². The normalized spacial score (nSPS) is 11.2. The van der Waals surface area contributed by atoms with E-state index in [2.05, 4.69) is 6.07 Å². The molecule has 1 atom stereocenters. The highest BCUT2D eigenvalue weighted by molar-refractivity contribution is 5.89.